The molecule has 19 heavy (non-hydrogen) atoms. The molecule has 0 spiro atoms. The van der Waals surface area contributed by atoms with Gasteiger partial charge in [-0.2, -0.15) is 0 Å². The van der Waals surface area contributed by atoms with Crippen molar-refractivity contribution in [3.8, 4) is 0 Å². The molecule has 0 bridgehead atoms. The van der Waals surface area contributed by atoms with E-state index in [-0.39, 0.29) is 11.4 Å². The Labute approximate surface area is 108 Å². The number of aliphatic hydroxyl groups is 1. The van der Waals surface area contributed by atoms with Gasteiger partial charge < -0.3 is 9.67 Å². The maximum Gasteiger partial charge on any atom is 0.194 e. The number of nitrogens with zero attached hydrogens (tertiary/aromatic N) is 2. The first kappa shape index (κ1) is 13.6. The van der Waals surface area contributed by atoms with E-state index in [0.717, 1.165) is 18.6 Å². The molecule has 1 unspecified atom stereocenters. The molecule has 3 nitrogen and oxygen atoms in total. The number of aromatic nitrogens is 2. The molecule has 0 saturated heterocycles. The molecule has 0 aliphatic rings. The van der Waals surface area contributed by atoms with Crippen LogP contribution in [0.15, 0.2) is 24.5 Å². The molecule has 0 fully saturated rings. The third kappa shape index (κ3) is 2.63. The molecule has 1 atom stereocenters. The van der Waals surface area contributed by atoms with Gasteiger partial charge in [-0.1, -0.05) is 6.92 Å². The zero-order valence-electron chi connectivity index (χ0n) is 10.3. The van der Waals surface area contributed by atoms with Gasteiger partial charge in [0.15, 0.2) is 17.5 Å². The summed E-state index contributed by atoms with van der Waals surface area (Å²) >= 11 is 0. The van der Waals surface area contributed by atoms with Crippen LogP contribution in [0.2, 0.25) is 0 Å². The minimum atomic E-state index is -1.55. The molecule has 2 rings (SSSR count). The normalized spacial score (nSPS) is 12.7. The zero-order chi connectivity index (χ0) is 14.0. The van der Waals surface area contributed by atoms with Gasteiger partial charge in [0.2, 0.25) is 0 Å². The molecule has 6 heteroatoms. The van der Waals surface area contributed by atoms with Crippen molar-refractivity contribution >= 4 is 0 Å². The quantitative estimate of drug-likeness (QED) is 0.867. The number of rotatable bonds is 4. The number of halogens is 3. The summed E-state index contributed by atoms with van der Waals surface area (Å²) in [5.74, 6) is -3.94. The summed E-state index contributed by atoms with van der Waals surface area (Å²) < 4.78 is 40.8. The maximum atomic E-state index is 13.1. The van der Waals surface area contributed by atoms with Gasteiger partial charge in [-0.05, 0) is 24.1 Å². The van der Waals surface area contributed by atoms with Crippen LogP contribution in [0.3, 0.4) is 0 Å². The number of aliphatic hydroxyl groups excluding tert-OH is 1. The molecule has 0 amide bonds. The molecule has 1 N–H and O–H groups in total. The average Bonchev–Trinajstić information content (AvgIpc) is 2.83. The van der Waals surface area contributed by atoms with Gasteiger partial charge in [-0.3, -0.25) is 0 Å². The topological polar surface area (TPSA) is 38.0 Å². The first-order valence-corrected chi connectivity index (χ1v) is 5.88. The predicted octanol–water partition coefficient (Wildman–Crippen LogP) is 2.79. The number of aryl methyl sites for hydroxylation is 1. The molecule has 0 saturated carbocycles. The summed E-state index contributed by atoms with van der Waals surface area (Å²) in [6.07, 6.45) is 2.68. The van der Waals surface area contributed by atoms with Gasteiger partial charge in [0.05, 0.1) is 0 Å². The van der Waals surface area contributed by atoms with E-state index in [0.29, 0.717) is 6.54 Å². The maximum absolute atomic E-state index is 13.1. The van der Waals surface area contributed by atoms with E-state index in [2.05, 4.69) is 4.98 Å². The van der Waals surface area contributed by atoms with Crippen molar-refractivity contribution in [2.45, 2.75) is 26.0 Å². The van der Waals surface area contributed by atoms with Gasteiger partial charge in [0, 0.05) is 18.9 Å². The van der Waals surface area contributed by atoms with E-state index < -0.39 is 23.6 Å². The van der Waals surface area contributed by atoms with Crippen LogP contribution in [-0.2, 0) is 6.54 Å². The molecule has 1 aromatic carbocycles. The summed E-state index contributed by atoms with van der Waals surface area (Å²) in [6.45, 7) is 2.58. The lowest BCUT2D eigenvalue weighted by molar-refractivity contribution is 0.202. The second-order valence-electron chi connectivity index (χ2n) is 4.18. The Morgan fingerprint density at radius 2 is 1.89 bits per heavy atom. The van der Waals surface area contributed by atoms with Crippen molar-refractivity contribution < 1.29 is 18.3 Å². The fraction of sp³-hybridized carbons (Fsp3) is 0.308. The van der Waals surface area contributed by atoms with Crippen LogP contribution < -0.4 is 0 Å². The number of hydrogen-bond donors (Lipinski definition) is 1. The fourth-order valence-corrected chi connectivity index (χ4v) is 1.88. The Morgan fingerprint density at radius 1 is 1.26 bits per heavy atom. The van der Waals surface area contributed by atoms with Crippen LogP contribution in [0.4, 0.5) is 13.2 Å². The summed E-state index contributed by atoms with van der Waals surface area (Å²) in [7, 11) is 0. The first-order valence-electron chi connectivity index (χ1n) is 5.88. The Kier molecular flexibility index (Phi) is 3.90. The van der Waals surface area contributed by atoms with Crippen LogP contribution in [0.1, 0.15) is 30.8 Å². The Bertz CT molecular complexity index is 560. The lowest BCUT2D eigenvalue weighted by atomic mass is 10.1. The van der Waals surface area contributed by atoms with Crippen molar-refractivity contribution in [1.29, 1.82) is 0 Å². The molecular weight excluding hydrogens is 257 g/mol. The van der Waals surface area contributed by atoms with Gasteiger partial charge in [0.1, 0.15) is 11.9 Å². The zero-order valence-corrected chi connectivity index (χ0v) is 10.3. The van der Waals surface area contributed by atoms with E-state index in [4.69, 9.17) is 0 Å². The molecule has 1 aromatic heterocycles. The Hall–Kier alpha value is -1.82. The molecule has 2 aromatic rings. The van der Waals surface area contributed by atoms with Crippen LogP contribution >= 0.6 is 0 Å². The molecule has 102 valence electrons. The van der Waals surface area contributed by atoms with Crippen molar-refractivity contribution in [1.82, 2.24) is 9.55 Å². The number of imidazole rings is 1. The van der Waals surface area contributed by atoms with Gasteiger partial charge in [-0.25, -0.2) is 18.2 Å². The predicted molar refractivity (Wildman–Crippen MR) is 62.9 cm³/mol. The highest BCUT2D eigenvalue weighted by atomic mass is 19.2. The summed E-state index contributed by atoms with van der Waals surface area (Å²) in [6, 6.07) is 1.54. The molecular formula is C13H13F3N2O. The third-order valence-electron chi connectivity index (χ3n) is 2.78. The largest absolute Gasteiger partial charge is 0.380 e. The summed E-state index contributed by atoms with van der Waals surface area (Å²) in [5, 5.41) is 10.1. The van der Waals surface area contributed by atoms with Crippen molar-refractivity contribution in [2.75, 3.05) is 0 Å². The van der Waals surface area contributed by atoms with Crippen LogP contribution in [0.5, 0.6) is 0 Å². The minimum absolute atomic E-state index is 0.0695. The second-order valence-corrected chi connectivity index (χ2v) is 4.18. The highest BCUT2D eigenvalue weighted by Crippen LogP contribution is 2.24. The SMILES string of the molecule is CCCn1ccnc1C(O)c1cc(F)c(F)c(F)c1. The fourth-order valence-electron chi connectivity index (χ4n) is 1.88. The van der Waals surface area contributed by atoms with Crippen molar-refractivity contribution in [3.63, 3.8) is 0 Å². The van der Waals surface area contributed by atoms with E-state index >= 15 is 0 Å². The molecule has 0 aliphatic carbocycles. The van der Waals surface area contributed by atoms with E-state index in [9.17, 15) is 18.3 Å². The van der Waals surface area contributed by atoms with E-state index in [1.165, 1.54) is 6.20 Å². The standard InChI is InChI=1S/C13H13F3N2O/c1-2-4-18-5-3-17-13(18)12(19)8-6-9(14)11(16)10(15)7-8/h3,5-7,12,19H,2,4H2,1H3. The van der Waals surface area contributed by atoms with E-state index in [1.807, 2.05) is 6.92 Å². The molecule has 0 aliphatic heterocycles. The Morgan fingerprint density at radius 3 is 2.47 bits per heavy atom. The van der Waals surface area contributed by atoms with E-state index in [1.54, 1.807) is 10.8 Å². The van der Waals surface area contributed by atoms with Gasteiger partial charge in [0.25, 0.3) is 0 Å². The lowest BCUT2D eigenvalue weighted by Gasteiger charge is -2.13. The van der Waals surface area contributed by atoms with Crippen molar-refractivity contribution in [2.24, 2.45) is 0 Å². The van der Waals surface area contributed by atoms with Crippen LogP contribution in [0, 0.1) is 17.5 Å². The summed E-state index contributed by atoms with van der Waals surface area (Å²) in [4.78, 5) is 3.97. The first-order chi connectivity index (χ1) is 9.04. The minimum Gasteiger partial charge on any atom is -0.380 e. The van der Waals surface area contributed by atoms with Crippen LogP contribution in [0.25, 0.3) is 0 Å². The summed E-state index contributed by atoms with van der Waals surface area (Å²) in [5.41, 5.74) is -0.0695. The smallest absolute Gasteiger partial charge is 0.194 e. The van der Waals surface area contributed by atoms with Gasteiger partial charge >= 0.3 is 0 Å². The van der Waals surface area contributed by atoms with Gasteiger partial charge in [-0.15, -0.1) is 0 Å². The second kappa shape index (κ2) is 5.44. The highest BCUT2D eigenvalue weighted by molar-refractivity contribution is 5.25. The van der Waals surface area contributed by atoms with Crippen LogP contribution in [-0.4, -0.2) is 14.7 Å². The molecule has 1 heterocycles. The number of benzene rings is 1. The lowest BCUT2D eigenvalue weighted by Crippen LogP contribution is -2.10. The molecule has 0 radical (unpaired) electrons. The number of hydrogen-bond acceptors (Lipinski definition) is 2. The third-order valence-corrected chi connectivity index (χ3v) is 2.78. The average molecular weight is 270 g/mol. The Balaban J connectivity index is 2.38. The monoisotopic (exact) mass is 270 g/mol. The highest BCUT2D eigenvalue weighted by Gasteiger charge is 2.20. The van der Waals surface area contributed by atoms with Crippen molar-refractivity contribution in [3.05, 3.63) is 53.4 Å².